The molecule has 6 heteroatoms. The predicted octanol–water partition coefficient (Wildman–Crippen LogP) is 1.82. The highest BCUT2D eigenvalue weighted by molar-refractivity contribution is 7.99. The van der Waals surface area contributed by atoms with E-state index in [9.17, 15) is 9.59 Å². The smallest absolute Gasteiger partial charge is 0.258 e. The van der Waals surface area contributed by atoms with E-state index in [1.807, 2.05) is 34.9 Å². The summed E-state index contributed by atoms with van der Waals surface area (Å²) < 4.78 is 0. The number of fused-ring (bicyclic) bond motifs is 1. The number of carbonyl (C=O) groups excluding carboxylic acids is 1. The Labute approximate surface area is 133 Å². The van der Waals surface area contributed by atoms with E-state index in [0.29, 0.717) is 29.6 Å². The third kappa shape index (κ3) is 3.50. The van der Waals surface area contributed by atoms with E-state index in [-0.39, 0.29) is 11.5 Å². The Balaban J connectivity index is 1.68. The molecule has 0 saturated carbocycles. The number of nitrogens with zero attached hydrogens (tertiary/aromatic N) is 2. The van der Waals surface area contributed by atoms with Crippen LogP contribution in [0.15, 0.2) is 29.1 Å². The number of aromatic nitrogens is 2. The molecule has 2 aromatic rings. The summed E-state index contributed by atoms with van der Waals surface area (Å²) >= 11 is 1.90. The zero-order valence-electron chi connectivity index (χ0n) is 12.4. The Morgan fingerprint density at radius 3 is 3.05 bits per heavy atom. The molecule has 1 amide bonds. The van der Waals surface area contributed by atoms with E-state index in [1.165, 1.54) is 0 Å². The SMILES string of the molecule is O=C(CCc1nc2ccccc2c(=O)[nH]1)N1CCCSCC1. The first-order valence-corrected chi connectivity index (χ1v) is 8.73. The molecule has 1 fully saturated rings. The third-order valence-electron chi connectivity index (χ3n) is 3.81. The van der Waals surface area contributed by atoms with Gasteiger partial charge in [-0.25, -0.2) is 4.98 Å². The summed E-state index contributed by atoms with van der Waals surface area (Å²) in [5.74, 6) is 2.87. The maximum Gasteiger partial charge on any atom is 0.258 e. The van der Waals surface area contributed by atoms with Crippen LogP contribution in [0.4, 0.5) is 0 Å². The van der Waals surface area contributed by atoms with Crippen LogP contribution in [-0.4, -0.2) is 45.4 Å². The number of aromatic amines is 1. The number of nitrogens with one attached hydrogen (secondary N) is 1. The fourth-order valence-corrected chi connectivity index (χ4v) is 3.52. The molecule has 3 rings (SSSR count). The molecule has 22 heavy (non-hydrogen) atoms. The lowest BCUT2D eigenvalue weighted by atomic mass is 10.2. The predicted molar refractivity (Wildman–Crippen MR) is 89.2 cm³/mol. The van der Waals surface area contributed by atoms with Crippen molar-refractivity contribution >= 4 is 28.6 Å². The summed E-state index contributed by atoms with van der Waals surface area (Å²) in [6, 6.07) is 7.26. The van der Waals surface area contributed by atoms with Crippen molar-refractivity contribution in [2.75, 3.05) is 24.6 Å². The number of H-pyrrole nitrogens is 1. The van der Waals surface area contributed by atoms with E-state index < -0.39 is 0 Å². The monoisotopic (exact) mass is 317 g/mol. The van der Waals surface area contributed by atoms with Gasteiger partial charge in [0, 0.05) is 31.7 Å². The number of rotatable bonds is 3. The van der Waals surface area contributed by atoms with E-state index in [4.69, 9.17) is 0 Å². The highest BCUT2D eigenvalue weighted by Gasteiger charge is 2.16. The van der Waals surface area contributed by atoms with Crippen LogP contribution in [0.2, 0.25) is 0 Å². The quantitative estimate of drug-likeness (QED) is 0.938. The number of hydrogen-bond acceptors (Lipinski definition) is 4. The Hall–Kier alpha value is -1.82. The van der Waals surface area contributed by atoms with Gasteiger partial charge in [-0.1, -0.05) is 12.1 Å². The van der Waals surface area contributed by atoms with Crippen molar-refractivity contribution in [2.45, 2.75) is 19.3 Å². The second-order valence-electron chi connectivity index (χ2n) is 5.38. The fraction of sp³-hybridized carbons (Fsp3) is 0.438. The van der Waals surface area contributed by atoms with Gasteiger partial charge >= 0.3 is 0 Å². The lowest BCUT2D eigenvalue weighted by Crippen LogP contribution is -2.33. The third-order valence-corrected chi connectivity index (χ3v) is 4.86. The van der Waals surface area contributed by atoms with Gasteiger partial charge in [0.1, 0.15) is 5.82 Å². The topological polar surface area (TPSA) is 66.1 Å². The summed E-state index contributed by atoms with van der Waals surface area (Å²) in [6.07, 6.45) is 1.93. The maximum atomic E-state index is 12.3. The molecular formula is C16H19N3O2S. The number of amides is 1. The highest BCUT2D eigenvalue weighted by Crippen LogP contribution is 2.12. The normalized spacial score (nSPS) is 15.7. The summed E-state index contributed by atoms with van der Waals surface area (Å²) in [4.78, 5) is 33.4. The first-order valence-electron chi connectivity index (χ1n) is 7.57. The molecule has 1 aliphatic rings. The fourth-order valence-electron chi connectivity index (χ4n) is 2.63. The molecule has 1 aromatic heterocycles. The number of thioether (sulfide) groups is 1. The van der Waals surface area contributed by atoms with Crippen LogP contribution in [0.5, 0.6) is 0 Å². The van der Waals surface area contributed by atoms with E-state index in [1.54, 1.807) is 6.07 Å². The van der Waals surface area contributed by atoms with Crippen molar-refractivity contribution in [1.29, 1.82) is 0 Å². The molecule has 0 aliphatic carbocycles. The van der Waals surface area contributed by atoms with E-state index in [2.05, 4.69) is 9.97 Å². The number of aryl methyl sites for hydroxylation is 1. The second-order valence-corrected chi connectivity index (χ2v) is 6.60. The molecule has 116 valence electrons. The van der Waals surface area contributed by atoms with Gasteiger partial charge in [-0.15, -0.1) is 0 Å². The first-order chi connectivity index (χ1) is 10.7. The molecule has 0 radical (unpaired) electrons. The number of benzene rings is 1. The lowest BCUT2D eigenvalue weighted by Gasteiger charge is -2.19. The van der Waals surface area contributed by atoms with Gasteiger partial charge in [0.05, 0.1) is 10.9 Å². The minimum absolute atomic E-state index is 0.140. The van der Waals surface area contributed by atoms with Gasteiger partial charge in [-0.2, -0.15) is 11.8 Å². The average molecular weight is 317 g/mol. The molecule has 0 atom stereocenters. The molecule has 0 unspecified atom stereocenters. The van der Waals surface area contributed by atoms with Crippen molar-refractivity contribution in [3.8, 4) is 0 Å². The van der Waals surface area contributed by atoms with Crippen LogP contribution < -0.4 is 5.56 Å². The number of hydrogen-bond donors (Lipinski definition) is 1. The van der Waals surface area contributed by atoms with E-state index in [0.717, 1.165) is 31.0 Å². The molecule has 1 aliphatic heterocycles. The van der Waals surface area contributed by atoms with Gasteiger partial charge < -0.3 is 9.88 Å². The van der Waals surface area contributed by atoms with Gasteiger partial charge in [0.2, 0.25) is 5.91 Å². The molecule has 1 aromatic carbocycles. The lowest BCUT2D eigenvalue weighted by molar-refractivity contribution is -0.130. The van der Waals surface area contributed by atoms with Crippen molar-refractivity contribution < 1.29 is 4.79 Å². The molecule has 1 N–H and O–H groups in total. The summed E-state index contributed by atoms with van der Waals surface area (Å²) in [7, 11) is 0. The van der Waals surface area contributed by atoms with Crippen molar-refractivity contribution in [3.05, 3.63) is 40.4 Å². The van der Waals surface area contributed by atoms with Gasteiger partial charge in [-0.05, 0) is 24.3 Å². The largest absolute Gasteiger partial charge is 0.342 e. The minimum atomic E-state index is -0.140. The molecule has 0 spiro atoms. The zero-order chi connectivity index (χ0) is 15.4. The first kappa shape index (κ1) is 15.1. The summed E-state index contributed by atoms with van der Waals surface area (Å²) in [6.45, 7) is 1.67. The molecule has 1 saturated heterocycles. The Morgan fingerprint density at radius 2 is 2.14 bits per heavy atom. The number of para-hydroxylation sites is 1. The van der Waals surface area contributed by atoms with Crippen molar-refractivity contribution in [2.24, 2.45) is 0 Å². The molecule has 5 nitrogen and oxygen atoms in total. The molecule has 0 bridgehead atoms. The van der Waals surface area contributed by atoms with Crippen LogP contribution in [0.3, 0.4) is 0 Å². The van der Waals surface area contributed by atoms with Crippen LogP contribution in [0, 0.1) is 0 Å². The minimum Gasteiger partial charge on any atom is -0.342 e. The Kier molecular flexibility index (Phi) is 4.77. The van der Waals surface area contributed by atoms with Crippen LogP contribution >= 0.6 is 11.8 Å². The highest BCUT2D eigenvalue weighted by atomic mass is 32.2. The van der Waals surface area contributed by atoms with Crippen LogP contribution in [0.25, 0.3) is 10.9 Å². The van der Waals surface area contributed by atoms with Crippen LogP contribution in [0.1, 0.15) is 18.7 Å². The van der Waals surface area contributed by atoms with Crippen LogP contribution in [-0.2, 0) is 11.2 Å². The maximum absolute atomic E-state index is 12.3. The van der Waals surface area contributed by atoms with Crippen molar-refractivity contribution in [1.82, 2.24) is 14.9 Å². The van der Waals surface area contributed by atoms with Crippen molar-refractivity contribution in [3.63, 3.8) is 0 Å². The molecular weight excluding hydrogens is 298 g/mol. The van der Waals surface area contributed by atoms with E-state index >= 15 is 0 Å². The zero-order valence-corrected chi connectivity index (χ0v) is 13.2. The summed E-state index contributed by atoms with van der Waals surface area (Å²) in [5.41, 5.74) is 0.541. The number of carbonyl (C=O) groups is 1. The second kappa shape index (κ2) is 6.96. The molecule has 2 heterocycles. The Morgan fingerprint density at radius 1 is 1.27 bits per heavy atom. The standard InChI is InChI=1S/C16H19N3O2S/c20-15(19-8-3-10-22-11-9-19)7-6-14-17-13-5-2-1-4-12(13)16(21)18-14/h1-2,4-5H,3,6-11H2,(H,17,18,21). The van der Waals surface area contributed by atoms with Gasteiger partial charge in [-0.3, -0.25) is 9.59 Å². The summed E-state index contributed by atoms with van der Waals surface area (Å²) in [5, 5.41) is 0.585. The van der Waals surface area contributed by atoms with Gasteiger partial charge in [0.15, 0.2) is 0 Å². The average Bonchev–Trinajstić information content (AvgIpc) is 2.82. The van der Waals surface area contributed by atoms with Gasteiger partial charge in [0.25, 0.3) is 5.56 Å². The Bertz CT molecular complexity index is 721.